The number of aliphatic hydroxyl groups excluding tert-OH is 1. The third-order valence-electron chi connectivity index (χ3n) is 6.13. The lowest BCUT2D eigenvalue weighted by Crippen LogP contribution is -2.25. The Morgan fingerprint density at radius 2 is 2.10 bits per heavy atom. The Morgan fingerprint density at radius 1 is 1.25 bits per heavy atom. The molecule has 0 aliphatic carbocycles. The van der Waals surface area contributed by atoms with Gasteiger partial charge in [-0.15, -0.1) is 0 Å². The Kier molecular flexibility index (Phi) is 10.6. The zero-order valence-electron chi connectivity index (χ0n) is 21.8. The molecule has 1 aromatic heterocycles. The number of fused-ring (bicyclic) bond motifs is 1. The van der Waals surface area contributed by atoms with E-state index in [1.54, 1.807) is 12.1 Å². The van der Waals surface area contributed by atoms with Gasteiger partial charge < -0.3 is 30.0 Å². The fourth-order valence-corrected chi connectivity index (χ4v) is 4.33. The minimum absolute atomic E-state index is 0.0298. The predicted octanol–water partition coefficient (Wildman–Crippen LogP) is 4.07. The molecule has 1 aliphatic rings. The van der Waals surface area contributed by atoms with Crippen molar-refractivity contribution in [3.63, 3.8) is 0 Å². The lowest BCUT2D eigenvalue weighted by molar-refractivity contribution is -0.114. The van der Waals surface area contributed by atoms with Crippen molar-refractivity contribution in [1.82, 2.24) is 14.9 Å². The summed E-state index contributed by atoms with van der Waals surface area (Å²) in [4.78, 5) is 23.3. The molecule has 1 saturated heterocycles. The van der Waals surface area contributed by atoms with Gasteiger partial charge in [-0.2, -0.15) is 0 Å². The molecule has 1 fully saturated rings. The van der Waals surface area contributed by atoms with E-state index in [0.29, 0.717) is 42.1 Å². The Labute approximate surface area is 234 Å². The Bertz CT molecular complexity index is 1360. The summed E-state index contributed by atoms with van der Waals surface area (Å²) in [5.74, 6) is -1.83. The van der Waals surface area contributed by atoms with Gasteiger partial charge in [0.15, 0.2) is 5.83 Å². The summed E-state index contributed by atoms with van der Waals surface area (Å²) in [6.07, 6.45) is 3.29. The zero-order valence-corrected chi connectivity index (χ0v) is 22.6. The van der Waals surface area contributed by atoms with Crippen molar-refractivity contribution in [2.75, 3.05) is 63.8 Å². The van der Waals surface area contributed by atoms with E-state index in [2.05, 4.69) is 20.6 Å². The molecule has 0 spiro atoms. The summed E-state index contributed by atoms with van der Waals surface area (Å²) >= 11 is 5.90. The molecule has 0 radical (unpaired) electrons. The van der Waals surface area contributed by atoms with Gasteiger partial charge in [-0.3, -0.25) is 9.69 Å². The van der Waals surface area contributed by atoms with Gasteiger partial charge in [-0.25, -0.2) is 18.7 Å². The number of ether oxygens (including phenoxy) is 3. The highest BCUT2D eigenvalue weighted by atomic mass is 35.5. The first kappa shape index (κ1) is 29.6. The summed E-state index contributed by atoms with van der Waals surface area (Å²) in [5, 5.41) is 15.0. The quantitative estimate of drug-likeness (QED) is 0.204. The molecular formula is C27H30ClF2N5O5. The van der Waals surface area contributed by atoms with Gasteiger partial charge in [0.05, 0.1) is 42.2 Å². The molecule has 10 nitrogen and oxygen atoms in total. The fourth-order valence-electron chi connectivity index (χ4n) is 4.15. The normalized spacial score (nSPS) is 15.9. The van der Waals surface area contributed by atoms with Crippen LogP contribution in [0.3, 0.4) is 0 Å². The molecule has 13 heteroatoms. The van der Waals surface area contributed by atoms with E-state index < -0.39 is 17.6 Å². The number of amides is 1. The number of likely N-dealkylation sites (tertiary alicyclic amines) is 1. The smallest absolute Gasteiger partial charge is 0.284 e. The number of methoxy groups -OCH3 is 1. The van der Waals surface area contributed by atoms with Crippen LogP contribution in [-0.2, 0) is 14.3 Å². The number of halogens is 3. The number of aromatic nitrogens is 2. The fraction of sp³-hybridized carbons (Fsp3) is 0.370. The summed E-state index contributed by atoms with van der Waals surface area (Å²) in [5.41, 5.74) is 1.17. The molecule has 1 amide bonds. The van der Waals surface area contributed by atoms with Crippen LogP contribution in [0.25, 0.3) is 10.9 Å². The largest absolute Gasteiger partial charge is 0.489 e. The summed E-state index contributed by atoms with van der Waals surface area (Å²) in [6.45, 7) is 2.19. The molecule has 40 heavy (non-hydrogen) atoms. The first-order chi connectivity index (χ1) is 19.4. The molecule has 0 saturated carbocycles. The molecule has 1 atom stereocenters. The van der Waals surface area contributed by atoms with Gasteiger partial charge in [0.2, 0.25) is 0 Å². The van der Waals surface area contributed by atoms with Gasteiger partial charge in [0, 0.05) is 43.9 Å². The molecular weight excluding hydrogens is 548 g/mol. The lowest BCUT2D eigenvalue weighted by Gasteiger charge is -2.16. The number of anilines is 3. The molecule has 2 aromatic carbocycles. The highest BCUT2D eigenvalue weighted by molar-refractivity contribution is 6.31. The minimum Gasteiger partial charge on any atom is -0.489 e. The molecule has 1 aliphatic heterocycles. The summed E-state index contributed by atoms with van der Waals surface area (Å²) in [6, 6.07) is 7.31. The number of carbonyl (C=O) groups is 1. The highest BCUT2D eigenvalue weighted by Gasteiger charge is 2.23. The Balaban J connectivity index is 1.54. The third kappa shape index (κ3) is 7.83. The zero-order chi connectivity index (χ0) is 28.5. The molecule has 3 aromatic rings. The van der Waals surface area contributed by atoms with Crippen molar-refractivity contribution in [1.29, 1.82) is 0 Å². The van der Waals surface area contributed by atoms with Crippen molar-refractivity contribution in [3.8, 4) is 5.75 Å². The van der Waals surface area contributed by atoms with E-state index in [1.807, 2.05) is 4.90 Å². The minimum atomic E-state index is -0.953. The van der Waals surface area contributed by atoms with Crippen molar-refractivity contribution in [2.24, 2.45) is 0 Å². The molecule has 0 bridgehead atoms. The van der Waals surface area contributed by atoms with Crippen LogP contribution in [-0.4, -0.2) is 85.2 Å². The lowest BCUT2D eigenvalue weighted by atomic mass is 10.1. The second kappa shape index (κ2) is 14.3. The first-order valence-electron chi connectivity index (χ1n) is 12.6. The van der Waals surface area contributed by atoms with E-state index >= 15 is 0 Å². The first-order valence-corrected chi connectivity index (χ1v) is 13.0. The standard InChI is InChI=1S/C27H30ClF2N5O5/c1-38-10-11-40-25-14-23-19(26(32-16-31-23)33-17-2-3-21(29)20(28)12-17)13-24(25)34-27(37)22(30)5-7-35-6-4-18(15-35)39-9-8-36/h2-3,5,12-14,16,18,36H,4,6-11,15H2,1H3,(H,34,37)(H,31,32,33)/b22-5-/t18-/m1/s1. The number of nitrogens with one attached hydrogen (secondary N) is 2. The van der Waals surface area contributed by atoms with Crippen LogP contribution in [0.2, 0.25) is 5.02 Å². The van der Waals surface area contributed by atoms with Gasteiger partial charge >= 0.3 is 0 Å². The van der Waals surface area contributed by atoms with Gasteiger partial charge in [-0.1, -0.05) is 11.6 Å². The number of rotatable bonds is 13. The molecule has 4 rings (SSSR count). The second-order valence-electron chi connectivity index (χ2n) is 8.95. The molecule has 0 unspecified atom stereocenters. The van der Waals surface area contributed by atoms with Crippen molar-refractivity contribution >= 4 is 45.6 Å². The topological polar surface area (TPSA) is 118 Å². The second-order valence-corrected chi connectivity index (χ2v) is 9.36. The van der Waals surface area contributed by atoms with Gasteiger partial charge in [-0.05, 0) is 36.8 Å². The van der Waals surface area contributed by atoms with Crippen molar-refractivity contribution in [3.05, 3.63) is 59.4 Å². The predicted molar refractivity (Wildman–Crippen MR) is 147 cm³/mol. The van der Waals surface area contributed by atoms with Crippen LogP contribution in [0.1, 0.15) is 6.42 Å². The van der Waals surface area contributed by atoms with Crippen LogP contribution in [0, 0.1) is 5.82 Å². The average Bonchev–Trinajstić information content (AvgIpc) is 3.41. The average molecular weight is 578 g/mol. The number of carbonyl (C=O) groups excluding carboxylic acids is 1. The molecule has 214 valence electrons. The van der Waals surface area contributed by atoms with Gasteiger partial charge in [0.25, 0.3) is 5.91 Å². The molecule has 2 heterocycles. The monoisotopic (exact) mass is 577 g/mol. The van der Waals surface area contributed by atoms with Crippen LogP contribution in [0.4, 0.5) is 26.0 Å². The van der Waals surface area contributed by atoms with E-state index in [9.17, 15) is 13.6 Å². The number of benzene rings is 2. The highest BCUT2D eigenvalue weighted by Crippen LogP contribution is 2.34. The van der Waals surface area contributed by atoms with E-state index in [4.69, 9.17) is 30.9 Å². The maximum atomic E-state index is 14.8. The summed E-state index contributed by atoms with van der Waals surface area (Å²) in [7, 11) is 1.53. The van der Waals surface area contributed by atoms with E-state index in [-0.39, 0.29) is 48.9 Å². The number of hydrogen-bond acceptors (Lipinski definition) is 9. The number of aliphatic hydroxyl groups is 1. The van der Waals surface area contributed by atoms with Crippen LogP contribution >= 0.6 is 11.6 Å². The van der Waals surface area contributed by atoms with Crippen molar-refractivity contribution < 1.29 is 32.9 Å². The van der Waals surface area contributed by atoms with E-state index in [0.717, 1.165) is 6.42 Å². The van der Waals surface area contributed by atoms with Crippen LogP contribution in [0.5, 0.6) is 5.75 Å². The van der Waals surface area contributed by atoms with Crippen molar-refractivity contribution in [2.45, 2.75) is 12.5 Å². The number of nitrogens with zero attached hydrogens (tertiary/aromatic N) is 3. The summed E-state index contributed by atoms with van der Waals surface area (Å²) < 4.78 is 44.8. The maximum absolute atomic E-state index is 14.8. The SMILES string of the molecule is COCCOc1cc2ncnc(Nc3ccc(F)c(Cl)c3)c2cc1NC(=O)/C(F)=C/CN1CC[C@@H](OCCO)C1. The van der Waals surface area contributed by atoms with Crippen LogP contribution in [0.15, 0.2) is 48.6 Å². The van der Waals surface area contributed by atoms with Gasteiger partial charge in [0.1, 0.15) is 30.3 Å². The Morgan fingerprint density at radius 3 is 2.88 bits per heavy atom. The Hall–Kier alpha value is -3.42. The van der Waals surface area contributed by atoms with E-state index in [1.165, 1.54) is 37.7 Å². The maximum Gasteiger partial charge on any atom is 0.284 e. The molecule has 3 N–H and O–H groups in total. The third-order valence-corrected chi connectivity index (χ3v) is 6.42. The van der Waals surface area contributed by atoms with Crippen LogP contribution < -0.4 is 15.4 Å². The number of hydrogen-bond donors (Lipinski definition) is 3.